The highest BCUT2D eigenvalue weighted by molar-refractivity contribution is 5.78. The van der Waals surface area contributed by atoms with E-state index in [1.54, 1.807) is 0 Å². The Morgan fingerprint density at radius 1 is 1.12 bits per heavy atom. The van der Waals surface area contributed by atoms with Crippen molar-refractivity contribution in [2.75, 3.05) is 55.7 Å². The van der Waals surface area contributed by atoms with E-state index in [0.29, 0.717) is 5.92 Å². The standard InChI is InChI=1S/C19H31N5O2/c1-15(2)5-8-20-19(25)16-6-9-23(10-7-16)17-3-4-18(22-21-17)24-11-13-26-14-12-24/h3-4,15-16H,5-14H2,1-2H3,(H,20,25). The highest BCUT2D eigenvalue weighted by Gasteiger charge is 2.25. The van der Waals surface area contributed by atoms with Crippen LogP contribution in [0.25, 0.3) is 0 Å². The molecule has 2 aliphatic rings. The molecule has 3 heterocycles. The molecule has 0 unspecified atom stereocenters. The molecule has 1 amide bonds. The van der Waals surface area contributed by atoms with Gasteiger partial charge in [-0.25, -0.2) is 0 Å². The molecule has 0 radical (unpaired) electrons. The third-order valence-corrected chi connectivity index (χ3v) is 5.18. The van der Waals surface area contributed by atoms with Gasteiger partial charge in [0.2, 0.25) is 5.91 Å². The Morgan fingerprint density at radius 2 is 1.69 bits per heavy atom. The van der Waals surface area contributed by atoms with Gasteiger partial charge in [-0.3, -0.25) is 4.79 Å². The normalized spacial score (nSPS) is 19.0. The molecule has 0 atom stereocenters. The number of morpholine rings is 1. The number of ether oxygens (including phenoxy) is 1. The van der Waals surface area contributed by atoms with Crippen molar-refractivity contribution in [1.29, 1.82) is 0 Å². The second-order valence-corrected chi connectivity index (χ2v) is 7.58. The number of hydrogen-bond acceptors (Lipinski definition) is 6. The predicted molar refractivity (Wildman–Crippen MR) is 102 cm³/mol. The van der Waals surface area contributed by atoms with Crippen molar-refractivity contribution in [3.63, 3.8) is 0 Å². The maximum Gasteiger partial charge on any atom is 0.223 e. The molecule has 0 bridgehead atoms. The quantitative estimate of drug-likeness (QED) is 0.831. The van der Waals surface area contributed by atoms with Crippen molar-refractivity contribution in [1.82, 2.24) is 15.5 Å². The van der Waals surface area contributed by atoms with Gasteiger partial charge in [-0.2, -0.15) is 0 Å². The van der Waals surface area contributed by atoms with E-state index in [0.717, 1.165) is 76.8 Å². The van der Waals surface area contributed by atoms with Crippen LogP contribution >= 0.6 is 0 Å². The zero-order chi connectivity index (χ0) is 18.4. The van der Waals surface area contributed by atoms with E-state index in [4.69, 9.17) is 4.74 Å². The molecule has 3 rings (SSSR count). The second-order valence-electron chi connectivity index (χ2n) is 7.58. The van der Waals surface area contributed by atoms with Crippen molar-refractivity contribution < 1.29 is 9.53 Å². The van der Waals surface area contributed by atoms with Gasteiger partial charge in [0, 0.05) is 38.6 Å². The van der Waals surface area contributed by atoms with Gasteiger partial charge < -0.3 is 19.9 Å². The van der Waals surface area contributed by atoms with Gasteiger partial charge in [-0.05, 0) is 37.3 Å². The second kappa shape index (κ2) is 9.16. The van der Waals surface area contributed by atoms with Gasteiger partial charge in [0.05, 0.1) is 13.2 Å². The lowest BCUT2D eigenvalue weighted by molar-refractivity contribution is -0.125. The minimum absolute atomic E-state index is 0.124. The maximum absolute atomic E-state index is 12.3. The van der Waals surface area contributed by atoms with Crippen LogP contribution < -0.4 is 15.1 Å². The maximum atomic E-state index is 12.3. The summed E-state index contributed by atoms with van der Waals surface area (Å²) in [6.45, 7) is 10.1. The molecule has 0 spiro atoms. The highest BCUT2D eigenvalue weighted by Crippen LogP contribution is 2.23. The van der Waals surface area contributed by atoms with Gasteiger partial charge in [-0.1, -0.05) is 13.8 Å². The molecule has 1 N–H and O–H groups in total. The van der Waals surface area contributed by atoms with Crippen LogP contribution in [-0.4, -0.2) is 62.0 Å². The molecule has 7 heteroatoms. The summed E-state index contributed by atoms with van der Waals surface area (Å²) in [6.07, 6.45) is 2.79. The van der Waals surface area contributed by atoms with Crippen molar-refractivity contribution >= 4 is 17.5 Å². The summed E-state index contributed by atoms with van der Waals surface area (Å²) in [7, 11) is 0. The Balaban J connectivity index is 1.46. The molecule has 0 aromatic carbocycles. The molecule has 7 nitrogen and oxygen atoms in total. The van der Waals surface area contributed by atoms with Crippen LogP contribution in [0.3, 0.4) is 0 Å². The fraction of sp³-hybridized carbons (Fsp3) is 0.737. The van der Waals surface area contributed by atoms with E-state index < -0.39 is 0 Å². The predicted octanol–water partition coefficient (Wildman–Crippen LogP) is 1.69. The summed E-state index contributed by atoms with van der Waals surface area (Å²) >= 11 is 0. The number of aromatic nitrogens is 2. The minimum atomic E-state index is 0.124. The Kier molecular flexibility index (Phi) is 6.66. The van der Waals surface area contributed by atoms with Crippen molar-refractivity contribution in [3.05, 3.63) is 12.1 Å². The van der Waals surface area contributed by atoms with Crippen LogP contribution in [0.15, 0.2) is 12.1 Å². The van der Waals surface area contributed by atoms with E-state index in [-0.39, 0.29) is 11.8 Å². The summed E-state index contributed by atoms with van der Waals surface area (Å²) < 4.78 is 5.37. The van der Waals surface area contributed by atoms with Crippen LogP contribution in [0.5, 0.6) is 0 Å². The zero-order valence-corrected chi connectivity index (χ0v) is 16.0. The number of carbonyl (C=O) groups excluding carboxylic acids is 1. The summed E-state index contributed by atoms with van der Waals surface area (Å²) in [5.41, 5.74) is 0. The summed E-state index contributed by atoms with van der Waals surface area (Å²) in [5, 5.41) is 11.9. The zero-order valence-electron chi connectivity index (χ0n) is 16.0. The summed E-state index contributed by atoms with van der Waals surface area (Å²) in [6, 6.07) is 4.08. The van der Waals surface area contributed by atoms with E-state index >= 15 is 0 Å². The van der Waals surface area contributed by atoms with Crippen LogP contribution in [-0.2, 0) is 9.53 Å². The van der Waals surface area contributed by atoms with Crippen LogP contribution in [0.1, 0.15) is 33.1 Å². The molecule has 1 aromatic heterocycles. The smallest absolute Gasteiger partial charge is 0.223 e. The SMILES string of the molecule is CC(C)CCNC(=O)C1CCN(c2ccc(N3CCOCC3)nn2)CC1. The van der Waals surface area contributed by atoms with Gasteiger partial charge in [0.25, 0.3) is 0 Å². The number of nitrogens with zero attached hydrogens (tertiary/aromatic N) is 4. The molecule has 144 valence electrons. The number of amides is 1. The third kappa shape index (κ3) is 5.06. The lowest BCUT2D eigenvalue weighted by Gasteiger charge is -2.32. The van der Waals surface area contributed by atoms with E-state index in [1.165, 1.54) is 0 Å². The van der Waals surface area contributed by atoms with Gasteiger partial charge >= 0.3 is 0 Å². The largest absolute Gasteiger partial charge is 0.378 e. The Bertz CT molecular complexity index is 564. The van der Waals surface area contributed by atoms with Crippen LogP contribution in [0.2, 0.25) is 0 Å². The molecule has 0 saturated carbocycles. The first-order valence-electron chi connectivity index (χ1n) is 9.82. The van der Waals surface area contributed by atoms with E-state index in [9.17, 15) is 4.79 Å². The number of nitrogens with one attached hydrogen (secondary N) is 1. The lowest BCUT2D eigenvalue weighted by atomic mass is 9.96. The molecule has 2 aliphatic heterocycles. The monoisotopic (exact) mass is 361 g/mol. The fourth-order valence-corrected chi connectivity index (χ4v) is 3.45. The number of rotatable bonds is 6. The molecule has 26 heavy (non-hydrogen) atoms. The minimum Gasteiger partial charge on any atom is -0.378 e. The molecule has 2 fully saturated rings. The van der Waals surface area contributed by atoms with Crippen molar-refractivity contribution in [2.45, 2.75) is 33.1 Å². The molecular weight excluding hydrogens is 330 g/mol. The van der Waals surface area contributed by atoms with Crippen LogP contribution in [0, 0.1) is 11.8 Å². The third-order valence-electron chi connectivity index (χ3n) is 5.18. The Morgan fingerprint density at radius 3 is 2.23 bits per heavy atom. The number of anilines is 2. The van der Waals surface area contributed by atoms with E-state index in [1.807, 2.05) is 12.1 Å². The van der Waals surface area contributed by atoms with Gasteiger partial charge in [0.1, 0.15) is 0 Å². The van der Waals surface area contributed by atoms with Gasteiger partial charge in [0.15, 0.2) is 11.6 Å². The fourth-order valence-electron chi connectivity index (χ4n) is 3.45. The molecule has 1 aromatic rings. The Labute approximate surface area is 156 Å². The summed E-state index contributed by atoms with van der Waals surface area (Å²) in [5.74, 6) is 2.77. The van der Waals surface area contributed by atoms with Gasteiger partial charge in [-0.15, -0.1) is 10.2 Å². The first-order valence-corrected chi connectivity index (χ1v) is 9.82. The average Bonchev–Trinajstić information content (AvgIpc) is 2.68. The highest BCUT2D eigenvalue weighted by atomic mass is 16.5. The van der Waals surface area contributed by atoms with Crippen molar-refractivity contribution in [3.8, 4) is 0 Å². The topological polar surface area (TPSA) is 70.6 Å². The first kappa shape index (κ1) is 18.9. The first-order chi connectivity index (χ1) is 12.6. The number of carbonyl (C=O) groups is 1. The van der Waals surface area contributed by atoms with Crippen molar-refractivity contribution in [2.24, 2.45) is 11.8 Å². The molecule has 2 saturated heterocycles. The molecular formula is C19H31N5O2. The number of piperidine rings is 1. The summed E-state index contributed by atoms with van der Waals surface area (Å²) in [4.78, 5) is 16.7. The lowest BCUT2D eigenvalue weighted by Crippen LogP contribution is -2.41. The van der Waals surface area contributed by atoms with Crippen LogP contribution in [0.4, 0.5) is 11.6 Å². The van der Waals surface area contributed by atoms with E-state index in [2.05, 4.69) is 39.2 Å². The number of hydrogen-bond donors (Lipinski definition) is 1. The average molecular weight is 361 g/mol. The Hall–Kier alpha value is -1.89. The molecule has 0 aliphatic carbocycles.